The van der Waals surface area contributed by atoms with Crippen LogP contribution in [0.5, 0.6) is 0 Å². The van der Waals surface area contributed by atoms with Crippen molar-refractivity contribution in [3.63, 3.8) is 0 Å². The number of carbonyl (C=O) groups is 1. The van der Waals surface area contributed by atoms with E-state index in [1.54, 1.807) is 0 Å². The van der Waals surface area contributed by atoms with Gasteiger partial charge in [-0.3, -0.25) is 9.48 Å². The van der Waals surface area contributed by atoms with Gasteiger partial charge in [0.05, 0.1) is 23.6 Å². The molecule has 2 aromatic rings. The van der Waals surface area contributed by atoms with Crippen LogP contribution in [-0.2, 0) is 11.3 Å². The van der Waals surface area contributed by atoms with Gasteiger partial charge >= 0.3 is 0 Å². The Morgan fingerprint density at radius 3 is 2.60 bits per heavy atom. The molecule has 0 aliphatic rings. The number of aryl methyl sites for hydroxylation is 2. The summed E-state index contributed by atoms with van der Waals surface area (Å²) in [7, 11) is 0. The second-order valence-electron chi connectivity index (χ2n) is 5.03. The maximum absolute atomic E-state index is 11.6. The summed E-state index contributed by atoms with van der Waals surface area (Å²) in [5, 5.41) is 7.46. The normalized spacial score (nSPS) is 10.6. The third kappa shape index (κ3) is 2.90. The molecule has 0 fully saturated rings. The van der Waals surface area contributed by atoms with E-state index in [1.165, 1.54) is 11.1 Å². The van der Waals surface area contributed by atoms with Gasteiger partial charge in [-0.2, -0.15) is 5.10 Å². The predicted octanol–water partition coefficient (Wildman–Crippen LogP) is 3.21. The molecule has 4 heteroatoms. The van der Waals surface area contributed by atoms with Crippen LogP contribution in [0.4, 0.5) is 5.69 Å². The predicted molar refractivity (Wildman–Crippen MR) is 80.9 cm³/mol. The Bertz CT molecular complexity index is 629. The van der Waals surface area contributed by atoms with Gasteiger partial charge in [0, 0.05) is 6.42 Å². The lowest BCUT2D eigenvalue weighted by atomic mass is 10.1. The van der Waals surface area contributed by atoms with E-state index in [1.807, 2.05) is 37.6 Å². The van der Waals surface area contributed by atoms with E-state index in [9.17, 15) is 4.79 Å². The third-order valence-corrected chi connectivity index (χ3v) is 3.55. The van der Waals surface area contributed by atoms with Crippen LogP contribution in [-0.4, -0.2) is 15.7 Å². The van der Waals surface area contributed by atoms with E-state index in [0.29, 0.717) is 6.42 Å². The Morgan fingerprint density at radius 2 is 1.95 bits per heavy atom. The van der Waals surface area contributed by atoms with Crippen molar-refractivity contribution in [2.24, 2.45) is 0 Å². The Morgan fingerprint density at radius 1 is 1.25 bits per heavy atom. The maximum atomic E-state index is 11.6. The molecule has 20 heavy (non-hydrogen) atoms. The second kappa shape index (κ2) is 5.90. The lowest BCUT2D eigenvalue weighted by Gasteiger charge is -2.08. The van der Waals surface area contributed by atoms with Gasteiger partial charge in [-0.15, -0.1) is 0 Å². The Labute approximate surface area is 119 Å². The van der Waals surface area contributed by atoms with Crippen LogP contribution in [0, 0.1) is 20.8 Å². The van der Waals surface area contributed by atoms with Gasteiger partial charge in [-0.1, -0.05) is 31.2 Å². The van der Waals surface area contributed by atoms with Gasteiger partial charge in [0.15, 0.2) is 0 Å². The summed E-state index contributed by atoms with van der Waals surface area (Å²) >= 11 is 0. The molecular formula is C16H21N3O. The SMILES string of the molecule is CCC(=O)Nc1c(C)nn(Cc2ccccc2C)c1C. The monoisotopic (exact) mass is 271 g/mol. The first-order valence-electron chi connectivity index (χ1n) is 6.91. The summed E-state index contributed by atoms with van der Waals surface area (Å²) in [6, 6.07) is 8.28. The second-order valence-corrected chi connectivity index (χ2v) is 5.03. The van der Waals surface area contributed by atoms with E-state index >= 15 is 0 Å². The van der Waals surface area contributed by atoms with E-state index in [-0.39, 0.29) is 5.91 Å². The number of benzene rings is 1. The number of aromatic nitrogens is 2. The number of carbonyl (C=O) groups excluding carboxylic acids is 1. The number of nitrogens with one attached hydrogen (secondary N) is 1. The fraction of sp³-hybridized carbons (Fsp3) is 0.375. The van der Waals surface area contributed by atoms with Crippen LogP contribution < -0.4 is 5.32 Å². The number of nitrogens with zero attached hydrogens (tertiary/aromatic N) is 2. The molecule has 0 radical (unpaired) electrons. The minimum atomic E-state index is 0.0200. The molecule has 0 saturated heterocycles. The van der Waals surface area contributed by atoms with E-state index in [4.69, 9.17) is 0 Å². The summed E-state index contributed by atoms with van der Waals surface area (Å²) in [5.41, 5.74) is 5.18. The zero-order valence-corrected chi connectivity index (χ0v) is 12.5. The fourth-order valence-electron chi connectivity index (χ4n) is 2.21. The molecule has 2 rings (SSSR count). The van der Waals surface area contributed by atoms with Crippen LogP contribution in [0.25, 0.3) is 0 Å². The zero-order valence-electron chi connectivity index (χ0n) is 12.5. The molecule has 1 amide bonds. The number of amides is 1. The number of hydrogen-bond acceptors (Lipinski definition) is 2. The molecule has 1 N–H and O–H groups in total. The highest BCUT2D eigenvalue weighted by atomic mass is 16.1. The van der Waals surface area contributed by atoms with Gasteiger partial charge in [0.2, 0.25) is 5.91 Å². The molecule has 0 bridgehead atoms. The van der Waals surface area contributed by atoms with Crippen LogP contribution >= 0.6 is 0 Å². The average Bonchev–Trinajstić information content (AvgIpc) is 2.69. The molecule has 0 unspecified atom stereocenters. The van der Waals surface area contributed by atoms with E-state index in [2.05, 4.69) is 29.5 Å². The quantitative estimate of drug-likeness (QED) is 0.928. The highest BCUT2D eigenvalue weighted by molar-refractivity contribution is 5.91. The summed E-state index contributed by atoms with van der Waals surface area (Å²) in [5.74, 6) is 0.0200. The van der Waals surface area contributed by atoms with Crippen LogP contribution in [0.2, 0.25) is 0 Å². The smallest absolute Gasteiger partial charge is 0.224 e. The number of anilines is 1. The largest absolute Gasteiger partial charge is 0.323 e. The number of rotatable bonds is 4. The molecule has 0 spiro atoms. The van der Waals surface area contributed by atoms with Crippen molar-refractivity contribution in [1.29, 1.82) is 0 Å². The molecule has 1 aromatic heterocycles. The van der Waals surface area contributed by atoms with Crippen molar-refractivity contribution in [1.82, 2.24) is 9.78 Å². The van der Waals surface area contributed by atoms with Crippen molar-refractivity contribution >= 4 is 11.6 Å². The lowest BCUT2D eigenvalue weighted by Crippen LogP contribution is -2.11. The minimum Gasteiger partial charge on any atom is -0.323 e. The Balaban J connectivity index is 2.28. The van der Waals surface area contributed by atoms with Gasteiger partial charge in [0.1, 0.15) is 0 Å². The van der Waals surface area contributed by atoms with Gasteiger partial charge < -0.3 is 5.32 Å². The van der Waals surface area contributed by atoms with E-state index < -0.39 is 0 Å². The fourth-order valence-corrected chi connectivity index (χ4v) is 2.21. The summed E-state index contributed by atoms with van der Waals surface area (Å²) in [4.78, 5) is 11.6. The lowest BCUT2D eigenvalue weighted by molar-refractivity contribution is -0.115. The topological polar surface area (TPSA) is 46.9 Å². The first-order valence-corrected chi connectivity index (χ1v) is 6.91. The minimum absolute atomic E-state index is 0.0200. The molecular weight excluding hydrogens is 250 g/mol. The molecule has 0 saturated carbocycles. The molecule has 0 aliphatic heterocycles. The Hall–Kier alpha value is -2.10. The first kappa shape index (κ1) is 14.3. The average molecular weight is 271 g/mol. The Kier molecular flexibility index (Phi) is 4.23. The molecule has 0 atom stereocenters. The van der Waals surface area contributed by atoms with Crippen LogP contribution in [0.1, 0.15) is 35.9 Å². The van der Waals surface area contributed by atoms with Crippen molar-refractivity contribution in [3.05, 3.63) is 46.8 Å². The molecule has 1 heterocycles. The maximum Gasteiger partial charge on any atom is 0.224 e. The van der Waals surface area contributed by atoms with Crippen LogP contribution in [0.3, 0.4) is 0 Å². The van der Waals surface area contributed by atoms with Gasteiger partial charge in [-0.25, -0.2) is 0 Å². The zero-order chi connectivity index (χ0) is 14.7. The van der Waals surface area contributed by atoms with Crippen LogP contribution in [0.15, 0.2) is 24.3 Å². The summed E-state index contributed by atoms with van der Waals surface area (Å²) in [6.07, 6.45) is 0.474. The highest BCUT2D eigenvalue weighted by Crippen LogP contribution is 2.21. The highest BCUT2D eigenvalue weighted by Gasteiger charge is 2.13. The van der Waals surface area contributed by atoms with Gasteiger partial charge in [0.25, 0.3) is 0 Å². The van der Waals surface area contributed by atoms with Gasteiger partial charge in [-0.05, 0) is 31.9 Å². The third-order valence-electron chi connectivity index (χ3n) is 3.55. The molecule has 1 aromatic carbocycles. The first-order chi connectivity index (χ1) is 9.52. The molecule has 0 aliphatic carbocycles. The van der Waals surface area contributed by atoms with Crippen molar-refractivity contribution < 1.29 is 4.79 Å². The molecule has 4 nitrogen and oxygen atoms in total. The summed E-state index contributed by atoms with van der Waals surface area (Å²) < 4.78 is 1.95. The van der Waals surface area contributed by atoms with E-state index in [0.717, 1.165) is 23.6 Å². The van der Waals surface area contributed by atoms with Crippen molar-refractivity contribution in [2.75, 3.05) is 5.32 Å². The standard InChI is InChI=1S/C16H21N3O/c1-5-15(20)17-16-12(3)18-19(13(16)4)10-14-9-7-6-8-11(14)2/h6-9H,5,10H2,1-4H3,(H,17,20). The number of hydrogen-bond donors (Lipinski definition) is 1. The molecule has 106 valence electrons. The summed E-state index contributed by atoms with van der Waals surface area (Å²) in [6.45, 7) is 8.58. The van der Waals surface area contributed by atoms with Crippen molar-refractivity contribution in [3.8, 4) is 0 Å². The van der Waals surface area contributed by atoms with Crippen molar-refractivity contribution in [2.45, 2.75) is 40.7 Å².